The molecular weight excluding hydrogens is 262 g/mol. The van der Waals surface area contributed by atoms with Gasteiger partial charge in [-0.25, -0.2) is 4.98 Å². The number of methoxy groups -OCH3 is 1. The van der Waals surface area contributed by atoms with Gasteiger partial charge in [0.1, 0.15) is 11.6 Å². The van der Waals surface area contributed by atoms with Crippen molar-refractivity contribution in [2.75, 3.05) is 24.8 Å². The molecule has 0 aliphatic heterocycles. The van der Waals surface area contributed by atoms with Crippen LogP contribution >= 0.6 is 0 Å². The summed E-state index contributed by atoms with van der Waals surface area (Å²) < 4.78 is 5.37. The van der Waals surface area contributed by atoms with Gasteiger partial charge in [0, 0.05) is 36.6 Å². The molecule has 2 rings (SSSR count). The normalized spacial score (nSPS) is 10.0. The van der Waals surface area contributed by atoms with Crippen LogP contribution in [-0.2, 0) is 6.54 Å². The van der Waals surface area contributed by atoms with Crippen molar-refractivity contribution >= 4 is 17.1 Å². The van der Waals surface area contributed by atoms with Gasteiger partial charge in [-0.2, -0.15) is 0 Å². The summed E-state index contributed by atoms with van der Waals surface area (Å²) in [5, 5.41) is 6.54. The van der Waals surface area contributed by atoms with Gasteiger partial charge in [-0.3, -0.25) is 0 Å². The van der Waals surface area contributed by atoms with Crippen LogP contribution in [-0.4, -0.2) is 19.1 Å². The Bertz CT molecular complexity index is 638. The Hall–Kier alpha value is -2.49. The summed E-state index contributed by atoms with van der Waals surface area (Å²) in [7, 11) is 3.57. The molecule has 2 N–H and O–H groups in total. The summed E-state index contributed by atoms with van der Waals surface area (Å²) in [5.74, 6) is 1.69. The van der Waals surface area contributed by atoms with Gasteiger partial charge in [-0.15, -0.1) is 0 Å². The van der Waals surface area contributed by atoms with Crippen LogP contribution in [0.2, 0.25) is 0 Å². The fourth-order valence-electron chi connectivity index (χ4n) is 2.26. The molecule has 1 aromatic carbocycles. The molecule has 4 heteroatoms. The molecule has 0 saturated carbocycles. The molecule has 0 aliphatic rings. The van der Waals surface area contributed by atoms with Gasteiger partial charge in [-0.1, -0.05) is 24.8 Å². The van der Waals surface area contributed by atoms with Crippen LogP contribution in [0.5, 0.6) is 5.75 Å². The third-order valence-electron chi connectivity index (χ3n) is 3.29. The van der Waals surface area contributed by atoms with Crippen molar-refractivity contribution in [1.29, 1.82) is 0 Å². The minimum absolute atomic E-state index is 0.643. The molecule has 0 saturated heterocycles. The van der Waals surface area contributed by atoms with E-state index in [1.54, 1.807) is 13.3 Å². The number of rotatable bonds is 6. The van der Waals surface area contributed by atoms with Gasteiger partial charge in [0.15, 0.2) is 0 Å². The van der Waals surface area contributed by atoms with Gasteiger partial charge in [0.05, 0.1) is 7.11 Å². The number of allylic oxidation sites excluding steroid dienone is 1. The van der Waals surface area contributed by atoms with Crippen molar-refractivity contribution in [2.45, 2.75) is 13.5 Å². The molecule has 2 aromatic rings. The smallest absolute Gasteiger partial charge is 0.135 e. The van der Waals surface area contributed by atoms with Crippen molar-refractivity contribution < 1.29 is 4.74 Å². The predicted octanol–water partition coefficient (Wildman–Crippen LogP) is 3.78. The Labute approximate surface area is 125 Å². The number of nitrogens with zero attached hydrogens (tertiary/aromatic N) is 1. The first-order valence-corrected chi connectivity index (χ1v) is 6.85. The lowest BCUT2D eigenvalue weighted by atomic mass is 10.1. The van der Waals surface area contributed by atoms with E-state index in [2.05, 4.69) is 22.2 Å². The molecular formula is C17H21N3O. The Kier molecular flexibility index (Phi) is 4.82. The van der Waals surface area contributed by atoms with Crippen molar-refractivity contribution in [1.82, 2.24) is 4.98 Å². The first-order chi connectivity index (χ1) is 10.2. The molecule has 0 unspecified atom stereocenters. The Balaban J connectivity index is 2.26. The van der Waals surface area contributed by atoms with Crippen molar-refractivity contribution in [3.05, 3.63) is 54.2 Å². The minimum Gasteiger partial charge on any atom is -0.496 e. The first-order valence-electron chi connectivity index (χ1n) is 6.85. The molecule has 0 aliphatic carbocycles. The summed E-state index contributed by atoms with van der Waals surface area (Å²) in [6, 6.07) is 9.89. The van der Waals surface area contributed by atoms with Gasteiger partial charge in [-0.05, 0) is 24.6 Å². The first kappa shape index (κ1) is 14.9. The number of nitrogens with one attached hydrogen (secondary N) is 2. The topological polar surface area (TPSA) is 46.2 Å². The van der Waals surface area contributed by atoms with E-state index in [1.807, 2.05) is 44.3 Å². The molecule has 1 aromatic heterocycles. The second kappa shape index (κ2) is 6.79. The van der Waals surface area contributed by atoms with Crippen molar-refractivity contribution in [3.8, 4) is 5.75 Å². The van der Waals surface area contributed by atoms with E-state index < -0.39 is 0 Å². The lowest BCUT2D eigenvalue weighted by molar-refractivity contribution is 0.410. The number of hydrogen-bond donors (Lipinski definition) is 2. The summed E-state index contributed by atoms with van der Waals surface area (Å²) in [6.45, 7) is 6.66. The highest BCUT2D eigenvalue weighted by atomic mass is 16.5. The van der Waals surface area contributed by atoms with Gasteiger partial charge in [0.25, 0.3) is 0 Å². The zero-order valence-electron chi connectivity index (χ0n) is 12.7. The van der Waals surface area contributed by atoms with E-state index in [4.69, 9.17) is 4.74 Å². The summed E-state index contributed by atoms with van der Waals surface area (Å²) in [4.78, 5) is 4.43. The third kappa shape index (κ3) is 3.34. The average molecular weight is 283 g/mol. The SMILES string of the molecule is C=C(C)c1c(NC)ccnc1NCc1ccccc1OC. The molecule has 110 valence electrons. The number of pyridine rings is 1. The molecule has 0 fully saturated rings. The molecule has 4 nitrogen and oxygen atoms in total. The van der Waals surface area contributed by atoms with Gasteiger partial charge < -0.3 is 15.4 Å². The zero-order valence-corrected chi connectivity index (χ0v) is 12.7. The average Bonchev–Trinajstić information content (AvgIpc) is 2.52. The number of ether oxygens (including phenoxy) is 1. The monoisotopic (exact) mass is 283 g/mol. The highest BCUT2D eigenvalue weighted by molar-refractivity contribution is 5.81. The molecule has 0 amide bonds. The van der Waals surface area contributed by atoms with Crippen LogP contribution < -0.4 is 15.4 Å². The highest BCUT2D eigenvalue weighted by Gasteiger charge is 2.10. The largest absolute Gasteiger partial charge is 0.496 e. The Morgan fingerprint density at radius 1 is 1.29 bits per heavy atom. The fourth-order valence-corrected chi connectivity index (χ4v) is 2.26. The summed E-state index contributed by atoms with van der Waals surface area (Å²) >= 11 is 0. The second-order valence-electron chi connectivity index (χ2n) is 4.78. The Morgan fingerprint density at radius 3 is 2.71 bits per heavy atom. The number of benzene rings is 1. The van der Waals surface area contributed by atoms with Gasteiger partial charge >= 0.3 is 0 Å². The number of hydrogen-bond acceptors (Lipinski definition) is 4. The predicted molar refractivity (Wildman–Crippen MR) is 88.8 cm³/mol. The van der Waals surface area contributed by atoms with Crippen LogP contribution in [0.4, 0.5) is 11.5 Å². The number of anilines is 2. The van der Waals surface area contributed by atoms with Crippen molar-refractivity contribution in [2.24, 2.45) is 0 Å². The van der Waals surface area contributed by atoms with E-state index in [0.717, 1.165) is 34.0 Å². The molecule has 0 atom stereocenters. The lowest BCUT2D eigenvalue weighted by Gasteiger charge is -2.16. The van der Waals surface area contributed by atoms with Crippen LogP contribution in [0.1, 0.15) is 18.1 Å². The van der Waals surface area contributed by atoms with E-state index in [0.29, 0.717) is 6.54 Å². The summed E-state index contributed by atoms with van der Waals surface area (Å²) in [5.41, 5.74) is 4.08. The quantitative estimate of drug-likeness (QED) is 0.847. The van der Waals surface area contributed by atoms with Crippen molar-refractivity contribution in [3.63, 3.8) is 0 Å². The minimum atomic E-state index is 0.643. The third-order valence-corrected chi connectivity index (χ3v) is 3.29. The lowest BCUT2D eigenvalue weighted by Crippen LogP contribution is -2.07. The molecule has 0 radical (unpaired) electrons. The molecule has 1 heterocycles. The zero-order chi connectivity index (χ0) is 15.2. The van der Waals surface area contributed by atoms with E-state index >= 15 is 0 Å². The van der Waals surface area contributed by atoms with E-state index in [1.165, 1.54) is 0 Å². The maximum atomic E-state index is 5.37. The molecule has 0 spiro atoms. The number of para-hydroxylation sites is 1. The van der Waals surface area contributed by atoms with E-state index in [-0.39, 0.29) is 0 Å². The van der Waals surface area contributed by atoms with Gasteiger partial charge in [0.2, 0.25) is 0 Å². The highest BCUT2D eigenvalue weighted by Crippen LogP contribution is 2.29. The van der Waals surface area contributed by atoms with Crippen LogP contribution in [0, 0.1) is 0 Å². The van der Waals surface area contributed by atoms with Crippen LogP contribution in [0.25, 0.3) is 5.57 Å². The molecule has 21 heavy (non-hydrogen) atoms. The van der Waals surface area contributed by atoms with E-state index in [9.17, 15) is 0 Å². The van der Waals surface area contributed by atoms with Crippen LogP contribution in [0.3, 0.4) is 0 Å². The fraction of sp³-hybridized carbons (Fsp3) is 0.235. The molecule has 0 bridgehead atoms. The Morgan fingerprint density at radius 2 is 2.05 bits per heavy atom. The maximum Gasteiger partial charge on any atom is 0.135 e. The standard InChI is InChI=1S/C17H21N3O/c1-12(2)16-14(18-3)9-10-19-17(16)20-11-13-7-5-6-8-15(13)21-4/h5-10H,1,11H2,2-4H3,(H2,18,19,20). The maximum absolute atomic E-state index is 5.37. The van der Waals surface area contributed by atoms with Crippen LogP contribution in [0.15, 0.2) is 43.1 Å². The number of aromatic nitrogens is 1. The summed E-state index contributed by atoms with van der Waals surface area (Å²) in [6.07, 6.45) is 1.78. The second-order valence-corrected chi connectivity index (χ2v) is 4.78.